The molecule has 0 fully saturated rings. The van der Waals surface area contributed by atoms with E-state index in [0.29, 0.717) is 17.5 Å². The molecule has 12 rings (SSSR count). The van der Waals surface area contributed by atoms with Gasteiger partial charge >= 0.3 is 0 Å². The van der Waals surface area contributed by atoms with Crippen molar-refractivity contribution in [2.75, 3.05) is 0 Å². The summed E-state index contributed by atoms with van der Waals surface area (Å²) in [6.07, 6.45) is 0. The molecule has 0 unspecified atom stereocenters. The second kappa shape index (κ2) is 12.3. The lowest BCUT2D eigenvalue weighted by atomic mass is 9.99. The summed E-state index contributed by atoms with van der Waals surface area (Å²) >= 11 is 0. The molecule has 4 aromatic heterocycles. The molecule has 0 N–H and O–H groups in total. The molecule has 0 amide bonds. The third kappa shape index (κ3) is 4.87. The summed E-state index contributed by atoms with van der Waals surface area (Å²) in [5, 5.41) is 6.50. The first-order chi connectivity index (χ1) is 28.3. The molecule has 6 nitrogen and oxygen atoms in total. The smallest absolute Gasteiger partial charge is 0.166 e. The molecule has 0 radical (unpaired) electrons. The SMILES string of the molecule is c1ccc(-c2nc(-c3ccc4c(c3)oc3ccccc34)nc(-c3cccc4c5ccccc5n(-c5cccc6c5oc5cccc(-c7ccccc7)c56)c34)n2)cc1. The van der Waals surface area contributed by atoms with Crippen LogP contribution in [0.4, 0.5) is 0 Å². The topological polar surface area (TPSA) is 69.9 Å². The number of fused-ring (bicyclic) bond motifs is 9. The number of rotatable bonds is 5. The Morgan fingerprint density at radius 3 is 1.84 bits per heavy atom. The molecule has 57 heavy (non-hydrogen) atoms. The number of aromatic nitrogens is 4. The van der Waals surface area contributed by atoms with Crippen LogP contribution in [0.15, 0.2) is 191 Å². The van der Waals surface area contributed by atoms with Crippen molar-refractivity contribution in [2.45, 2.75) is 0 Å². The van der Waals surface area contributed by atoms with Crippen LogP contribution in [0.3, 0.4) is 0 Å². The highest BCUT2D eigenvalue weighted by molar-refractivity contribution is 6.17. The van der Waals surface area contributed by atoms with Crippen molar-refractivity contribution in [1.82, 2.24) is 19.5 Å². The van der Waals surface area contributed by atoms with E-state index >= 15 is 0 Å². The van der Waals surface area contributed by atoms with Gasteiger partial charge in [-0.15, -0.1) is 0 Å². The quantitative estimate of drug-likeness (QED) is 0.176. The van der Waals surface area contributed by atoms with Crippen molar-refractivity contribution in [3.05, 3.63) is 182 Å². The Labute approximate surface area is 325 Å². The van der Waals surface area contributed by atoms with Gasteiger partial charge in [-0.1, -0.05) is 140 Å². The zero-order chi connectivity index (χ0) is 37.5. The molecule has 0 saturated heterocycles. The first kappa shape index (κ1) is 31.5. The molecular weight excluding hydrogens is 701 g/mol. The first-order valence-electron chi connectivity index (χ1n) is 19.0. The van der Waals surface area contributed by atoms with Crippen LogP contribution in [0.5, 0.6) is 0 Å². The van der Waals surface area contributed by atoms with Gasteiger partial charge in [-0.3, -0.25) is 0 Å². The third-order valence-electron chi connectivity index (χ3n) is 11.1. The molecule has 266 valence electrons. The van der Waals surface area contributed by atoms with E-state index in [1.54, 1.807) is 0 Å². The van der Waals surface area contributed by atoms with Crippen molar-refractivity contribution >= 4 is 65.7 Å². The van der Waals surface area contributed by atoms with Gasteiger partial charge in [-0.2, -0.15) is 0 Å². The maximum Gasteiger partial charge on any atom is 0.166 e. The standard InChI is InChI=1S/C51H30N4O2/c1-3-14-31(15-4-1)34-20-13-27-44-46(34)39-22-12-25-42(48(39)57-44)55-41-24-9-7-18-35(41)38-21-11-23-40(47(38)55)51-53-49(32-16-5-2-6-17-32)52-50(54-51)33-28-29-37-36-19-8-10-26-43(36)56-45(37)30-33/h1-30H. The number of nitrogens with zero attached hydrogens (tertiary/aromatic N) is 4. The Morgan fingerprint density at radius 2 is 0.982 bits per heavy atom. The number of hydrogen-bond donors (Lipinski definition) is 0. The normalized spacial score (nSPS) is 11.9. The van der Waals surface area contributed by atoms with E-state index in [0.717, 1.165) is 99.2 Å². The molecular formula is C51H30N4O2. The van der Waals surface area contributed by atoms with E-state index in [-0.39, 0.29) is 0 Å². The van der Waals surface area contributed by atoms with Crippen molar-refractivity contribution in [3.8, 4) is 51.0 Å². The Bertz CT molecular complexity index is 3530. The minimum Gasteiger partial charge on any atom is -0.456 e. The molecule has 0 aliphatic carbocycles. The van der Waals surface area contributed by atoms with Gasteiger partial charge in [0.15, 0.2) is 23.1 Å². The summed E-state index contributed by atoms with van der Waals surface area (Å²) in [6.45, 7) is 0. The van der Waals surface area contributed by atoms with Gasteiger partial charge in [0, 0.05) is 49.0 Å². The molecule has 0 saturated carbocycles. The highest BCUT2D eigenvalue weighted by Gasteiger charge is 2.23. The van der Waals surface area contributed by atoms with Crippen LogP contribution in [0.2, 0.25) is 0 Å². The summed E-state index contributed by atoms with van der Waals surface area (Å²) < 4.78 is 15.5. The Kier molecular flexibility index (Phi) is 6.83. The lowest BCUT2D eigenvalue weighted by Crippen LogP contribution is -2.02. The molecule has 0 aliphatic rings. The summed E-state index contributed by atoms with van der Waals surface area (Å²) in [6, 6.07) is 62.6. The maximum absolute atomic E-state index is 6.85. The molecule has 0 aliphatic heterocycles. The predicted molar refractivity (Wildman–Crippen MR) is 230 cm³/mol. The summed E-state index contributed by atoms with van der Waals surface area (Å²) in [4.78, 5) is 15.5. The lowest BCUT2D eigenvalue weighted by Gasteiger charge is -2.13. The van der Waals surface area contributed by atoms with Gasteiger partial charge in [0.05, 0.1) is 16.7 Å². The van der Waals surface area contributed by atoms with Crippen molar-refractivity contribution in [1.29, 1.82) is 0 Å². The lowest BCUT2D eigenvalue weighted by molar-refractivity contribution is 0.666. The van der Waals surface area contributed by atoms with Crippen LogP contribution < -0.4 is 0 Å². The number of furan rings is 2. The zero-order valence-corrected chi connectivity index (χ0v) is 30.4. The fourth-order valence-corrected chi connectivity index (χ4v) is 8.52. The van der Waals surface area contributed by atoms with Crippen LogP contribution >= 0.6 is 0 Å². The van der Waals surface area contributed by atoms with E-state index in [9.17, 15) is 0 Å². The van der Waals surface area contributed by atoms with Crippen molar-refractivity contribution < 1.29 is 8.83 Å². The van der Waals surface area contributed by atoms with Crippen LogP contribution in [-0.2, 0) is 0 Å². The minimum absolute atomic E-state index is 0.564. The molecule has 0 spiro atoms. The Balaban J connectivity index is 1.13. The van der Waals surface area contributed by atoms with E-state index in [2.05, 4.69) is 126 Å². The van der Waals surface area contributed by atoms with E-state index in [1.807, 2.05) is 60.7 Å². The van der Waals surface area contributed by atoms with E-state index in [1.165, 1.54) is 0 Å². The molecule has 6 heteroatoms. The summed E-state index contributed by atoms with van der Waals surface area (Å²) in [5.41, 5.74) is 11.2. The monoisotopic (exact) mass is 730 g/mol. The predicted octanol–water partition coefficient (Wildman–Crippen LogP) is 13.4. The average molecular weight is 731 g/mol. The van der Waals surface area contributed by atoms with Crippen LogP contribution in [-0.4, -0.2) is 19.5 Å². The van der Waals surface area contributed by atoms with Gasteiger partial charge in [0.25, 0.3) is 0 Å². The minimum atomic E-state index is 0.564. The fourth-order valence-electron chi connectivity index (χ4n) is 8.52. The van der Waals surface area contributed by atoms with Crippen LogP contribution in [0, 0.1) is 0 Å². The van der Waals surface area contributed by atoms with Gasteiger partial charge in [0.2, 0.25) is 0 Å². The average Bonchev–Trinajstić information content (AvgIpc) is 3.96. The Morgan fingerprint density at radius 1 is 0.368 bits per heavy atom. The largest absolute Gasteiger partial charge is 0.456 e. The number of benzene rings is 8. The van der Waals surface area contributed by atoms with Gasteiger partial charge < -0.3 is 13.4 Å². The van der Waals surface area contributed by atoms with E-state index < -0.39 is 0 Å². The third-order valence-corrected chi connectivity index (χ3v) is 11.1. The molecule has 4 heterocycles. The van der Waals surface area contributed by atoms with Gasteiger partial charge in [-0.05, 0) is 53.6 Å². The van der Waals surface area contributed by atoms with E-state index in [4.69, 9.17) is 23.8 Å². The van der Waals surface area contributed by atoms with Gasteiger partial charge in [-0.25, -0.2) is 15.0 Å². The summed E-state index contributed by atoms with van der Waals surface area (Å²) in [7, 11) is 0. The molecule has 0 atom stereocenters. The highest BCUT2D eigenvalue weighted by atomic mass is 16.3. The second-order valence-electron chi connectivity index (χ2n) is 14.3. The number of hydrogen-bond acceptors (Lipinski definition) is 5. The Hall–Kier alpha value is -7.83. The fraction of sp³-hybridized carbons (Fsp3) is 0. The molecule has 0 bridgehead atoms. The van der Waals surface area contributed by atoms with Crippen molar-refractivity contribution in [2.24, 2.45) is 0 Å². The van der Waals surface area contributed by atoms with Crippen LogP contribution in [0.25, 0.3) is 117 Å². The number of para-hydroxylation sites is 4. The first-order valence-corrected chi connectivity index (χ1v) is 19.0. The van der Waals surface area contributed by atoms with Crippen LogP contribution in [0.1, 0.15) is 0 Å². The van der Waals surface area contributed by atoms with Gasteiger partial charge in [0.1, 0.15) is 16.7 Å². The summed E-state index contributed by atoms with van der Waals surface area (Å²) in [5.74, 6) is 1.72. The second-order valence-corrected chi connectivity index (χ2v) is 14.3. The molecule has 12 aromatic rings. The highest BCUT2D eigenvalue weighted by Crippen LogP contribution is 2.43. The maximum atomic E-state index is 6.85. The van der Waals surface area contributed by atoms with Crippen molar-refractivity contribution in [3.63, 3.8) is 0 Å². The zero-order valence-electron chi connectivity index (χ0n) is 30.4. The molecule has 8 aromatic carbocycles.